The van der Waals surface area contributed by atoms with Crippen molar-refractivity contribution in [2.75, 3.05) is 11.9 Å². The van der Waals surface area contributed by atoms with Gasteiger partial charge in [-0.05, 0) is 18.4 Å². The first-order chi connectivity index (χ1) is 9.47. The van der Waals surface area contributed by atoms with Gasteiger partial charge in [-0.1, -0.05) is 13.0 Å². The summed E-state index contributed by atoms with van der Waals surface area (Å²) in [6.07, 6.45) is 0.797. The molecule has 0 unspecified atom stereocenters. The zero-order valence-corrected chi connectivity index (χ0v) is 10.9. The zero-order chi connectivity index (χ0) is 14.7. The molecule has 7 heteroatoms. The lowest BCUT2D eigenvalue weighted by atomic mass is 10.3. The predicted molar refractivity (Wildman–Crippen MR) is 70.0 cm³/mol. The van der Waals surface area contributed by atoms with Crippen LogP contribution in [-0.4, -0.2) is 23.4 Å². The number of amides is 1. The Morgan fingerprint density at radius 3 is 2.80 bits per heavy atom. The Balaban J connectivity index is 1.83. The van der Waals surface area contributed by atoms with Gasteiger partial charge in [-0.2, -0.15) is 0 Å². The summed E-state index contributed by atoms with van der Waals surface area (Å²) in [6.45, 7) is 1.56. The topological polar surface area (TPSA) is 98.5 Å². The summed E-state index contributed by atoms with van der Waals surface area (Å²) in [7, 11) is 0. The number of hydrogen-bond acceptors (Lipinski definition) is 5. The third-order valence-corrected chi connectivity index (χ3v) is 3.10. The van der Waals surface area contributed by atoms with E-state index < -0.39 is 10.8 Å². The molecule has 0 aliphatic heterocycles. The molecule has 1 aliphatic carbocycles. The van der Waals surface area contributed by atoms with Gasteiger partial charge in [0.25, 0.3) is 11.6 Å². The molecule has 0 aromatic heterocycles. The lowest BCUT2D eigenvalue weighted by Gasteiger charge is -2.06. The normalized spacial score (nSPS) is 20.1. The van der Waals surface area contributed by atoms with E-state index in [1.54, 1.807) is 0 Å². The minimum absolute atomic E-state index is 0.0967. The molecule has 1 fully saturated rings. The first-order valence-corrected chi connectivity index (χ1v) is 6.18. The number of nitrogens with zero attached hydrogens (tertiary/aromatic N) is 1. The van der Waals surface area contributed by atoms with Crippen molar-refractivity contribution in [3.8, 4) is 0 Å². The van der Waals surface area contributed by atoms with Crippen molar-refractivity contribution >= 4 is 23.3 Å². The minimum atomic E-state index is -0.551. The monoisotopic (exact) mass is 278 g/mol. The molecule has 2 rings (SSSR count). The molecule has 0 radical (unpaired) electrons. The van der Waals surface area contributed by atoms with Crippen LogP contribution in [0.25, 0.3) is 0 Å². The first kappa shape index (κ1) is 14.0. The fraction of sp³-hybridized carbons (Fsp3) is 0.385. The summed E-state index contributed by atoms with van der Waals surface area (Å²) < 4.78 is 4.86. The van der Waals surface area contributed by atoms with Crippen LogP contribution in [0.15, 0.2) is 24.3 Å². The Bertz CT molecular complexity index is 557. The molecule has 0 spiro atoms. The van der Waals surface area contributed by atoms with E-state index in [9.17, 15) is 19.7 Å². The molecule has 1 aliphatic rings. The Kier molecular flexibility index (Phi) is 3.97. The number of carbonyl (C=O) groups excluding carboxylic acids is 2. The second-order valence-electron chi connectivity index (χ2n) is 4.78. The molecular weight excluding hydrogens is 264 g/mol. The second-order valence-corrected chi connectivity index (χ2v) is 4.78. The van der Waals surface area contributed by atoms with Crippen LogP contribution in [0.4, 0.5) is 11.4 Å². The Morgan fingerprint density at radius 1 is 1.50 bits per heavy atom. The van der Waals surface area contributed by atoms with E-state index in [0.717, 1.165) is 6.42 Å². The summed E-state index contributed by atoms with van der Waals surface area (Å²) in [5.41, 5.74) is 0.173. The van der Waals surface area contributed by atoms with Crippen LogP contribution < -0.4 is 5.32 Å². The summed E-state index contributed by atoms with van der Waals surface area (Å²) in [6, 6.07) is 5.55. The van der Waals surface area contributed by atoms with Gasteiger partial charge in [0, 0.05) is 17.8 Å². The number of nitro benzene ring substituents is 1. The number of non-ortho nitro benzene ring substituents is 1. The number of anilines is 1. The first-order valence-electron chi connectivity index (χ1n) is 6.18. The van der Waals surface area contributed by atoms with Crippen molar-refractivity contribution in [3.05, 3.63) is 34.4 Å². The van der Waals surface area contributed by atoms with Gasteiger partial charge < -0.3 is 10.1 Å². The van der Waals surface area contributed by atoms with Crippen LogP contribution >= 0.6 is 0 Å². The summed E-state index contributed by atoms with van der Waals surface area (Å²) in [4.78, 5) is 33.0. The third kappa shape index (κ3) is 3.53. The zero-order valence-electron chi connectivity index (χ0n) is 10.9. The molecule has 106 valence electrons. The number of ether oxygens (including phenoxy) is 1. The van der Waals surface area contributed by atoms with Gasteiger partial charge in [-0.15, -0.1) is 0 Å². The largest absolute Gasteiger partial charge is 0.455 e. The number of rotatable bonds is 5. The SMILES string of the molecule is C[C@@H]1C[C@@H]1C(=O)OCC(=O)Nc1cccc([N+](=O)[O-])c1. The maximum Gasteiger partial charge on any atom is 0.309 e. The molecule has 1 amide bonds. The van der Waals surface area contributed by atoms with Crippen molar-refractivity contribution < 1.29 is 19.2 Å². The molecule has 2 atom stereocenters. The van der Waals surface area contributed by atoms with Crippen molar-refractivity contribution in [2.24, 2.45) is 11.8 Å². The fourth-order valence-electron chi connectivity index (χ4n) is 1.79. The van der Waals surface area contributed by atoms with Crippen LogP contribution in [0.3, 0.4) is 0 Å². The van der Waals surface area contributed by atoms with Crippen molar-refractivity contribution in [3.63, 3.8) is 0 Å². The summed E-state index contributed by atoms with van der Waals surface area (Å²) >= 11 is 0. The standard InChI is InChI=1S/C13H14N2O5/c1-8-5-11(8)13(17)20-7-12(16)14-9-3-2-4-10(6-9)15(18)19/h2-4,6,8,11H,5,7H2,1H3,(H,14,16)/t8-,11+/m1/s1. The predicted octanol–water partition coefficient (Wildman–Crippen LogP) is 1.73. The van der Waals surface area contributed by atoms with E-state index in [2.05, 4.69) is 5.32 Å². The van der Waals surface area contributed by atoms with Crippen molar-refractivity contribution in [1.82, 2.24) is 0 Å². The molecule has 0 saturated heterocycles. The molecule has 1 saturated carbocycles. The summed E-state index contributed by atoms with van der Waals surface area (Å²) in [5.74, 6) is -0.665. The molecule has 7 nitrogen and oxygen atoms in total. The maximum atomic E-state index is 11.6. The van der Waals surface area contributed by atoms with Crippen LogP contribution in [0.2, 0.25) is 0 Å². The fourth-order valence-corrected chi connectivity index (χ4v) is 1.79. The van der Waals surface area contributed by atoms with E-state index in [1.807, 2.05) is 6.92 Å². The number of nitrogens with one attached hydrogen (secondary N) is 1. The highest BCUT2D eigenvalue weighted by molar-refractivity contribution is 5.93. The van der Waals surface area contributed by atoms with Crippen molar-refractivity contribution in [1.29, 1.82) is 0 Å². The molecule has 0 heterocycles. The second kappa shape index (κ2) is 5.68. The van der Waals surface area contributed by atoms with Gasteiger partial charge in [-0.25, -0.2) is 0 Å². The Labute approximate surface area is 115 Å². The van der Waals surface area contributed by atoms with E-state index in [1.165, 1.54) is 24.3 Å². The molecule has 1 aromatic rings. The Morgan fingerprint density at radius 2 is 2.20 bits per heavy atom. The van der Waals surface area contributed by atoms with Crippen LogP contribution in [0.5, 0.6) is 0 Å². The highest BCUT2D eigenvalue weighted by atomic mass is 16.6. The van der Waals surface area contributed by atoms with Gasteiger partial charge in [0.15, 0.2) is 6.61 Å². The van der Waals surface area contributed by atoms with Gasteiger partial charge in [0.05, 0.1) is 10.8 Å². The van der Waals surface area contributed by atoms with E-state index in [4.69, 9.17) is 4.74 Å². The number of esters is 1. The van der Waals surface area contributed by atoms with Gasteiger partial charge in [-0.3, -0.25) is 19.7 Å². The van der Waals surface area contributed by atoms with Crippen LogP contribution in [0.1, 0.15) is 13.3 Å². The smallest absolute Gasteiger partial charge is 0.309 e. The van der Waals surface area contributed by atoms with Gasteiger partial charge in [0.1, 0.15) is 0 Å². The summed E-state index contributed by atoms with van der Waals surface area (Å²) in [5, 5.41) is 13.0. The van der Waals surface area contributed by atoms with E-state index >= 15 is 0 Å². The quantitative estimate of drug-likeness (QED) is 0.502. The number of benzene rings is 1. The molecule has 1 N–H and O–H groups in total. The average Bonchev–Trinajstić information content (AvgIpc) is 3.13. The highest BCUT2D eigenvalue weighted by Crippen LogP contribution is 2.38. The lowest BCUT2D eigenvalue weighted by Crippen LogP contribution is -2.21. The molecular formula is C13H14N2O5. The minimum Gasteiger partial charge on any atom is -0.455 e. The molecule has 20 heavy (non-hydrogen) atoms. The third-order valence-electron chi connectivity index (χ3n) is 3.10. The molecule has 1 aromatic carbocycles. The Hall–Kier alpha value is -2.44. The van der Waals surface area contributed by atoms with Crippen LogP contribution in [0, 0.1) is 22.0 Å². The highest BCUT2D eigenvalue weighted by Gasteiger charge is 2.40. The van der Waals surface area contributed by atoms with Crippen molar-refractivity contribution in [2.45, 2.75) is 13.3 Å². The number of hydrogen-bond donors (Lipinski definition) is 1. The molecule has 0 bridgehead atoms. The number of nitro groups is 1. The van der Waals surface area contributed by atoms with Gasteiger partial charge in [0.2, 0.25) is 0 Å². The maximum absolute atomic E-state index is 11.6. The van der Waals surface area contributed by atoms with E-state index in [-0.39, 0.29) is 24.2 Å². The van der Waals surface area contributed by atoms with E-state index in [0.29, 0.717) is 11.6 Å². The van der Waals surface area contributed by atoms with Gasteiger partial charge >= 0.3 is 5.97 Å². The number of carbonyl (C=O) groups is 2. The lowest BCUT2D eigenvalue weighted by molar-refractivity contribution is -0.384. The average molecular weight is 278 g/mol. The van der Waals surface area contributed by atoms with Crippen LogP contribution in [-0.2, 0) is 14.3 Å².